The molecule has 23 heavy (non-hydrogen) atoms. The van der Waals surface area contributed by atoms with E-state index in [4.69, 9.17) is 0 Å². The third-order valence-electron chi connectivity index (χ3n) is 4.31. The Hall–Kier alpha value is -2.88. The Labute approximate surface area is 134 Å². The zero-order valence-electron chi connectivity index (χ0n) is 12.9. The molecule has 4 heteroatoms. The Bertz CT molecular complexity index is 923. The minimum absolute atomic E-state index is 0.0961. The molecule has 4 rings (SSSR count). The number of nitrogens with zero attached hydrogens (tertiary/aromatic N) is 2. The molecule has 0 saturated heterocycles. The number of hydrogen-bond acceptors (Lipinski definition) is 2. The number of fused-ring (bicyclic) bond motifs is 2. The van der Waals surface area contributed by atoms with Gasteiger partial charge in [-0.3, -0.25) is 9.79 Å². The number of nitrogens with one attached hydrogen (secondary N) is 1. The molecule has 0 unspecified atom stereocenters. The average molecular weight is 303 g/mol. The summed E-state index contributed by atoms with van der Waals surface area (Å²) < 4.78 is 0. The zero-order chi connectivity index (χ0) is 15.8. The molecular formula is C19H17N3O. The van der Waals surface area contributed by atoms with E-state index in [-0.39, 0.29) is 5.91 Å². The smallest absolute Gasteiger partial charge is 0.223 e. The van der Waals surface area contributed by atoms with Gasteiger partial charge in [0.25, 0.3) is 0 Å². The van der Waals surface area contributed by atoms with Crippen molar-refractivity contribution in [3.05, 3.63) is 59.8 Å². The summed E-state index contributed by atoms with van der Waals surface area (Å²) in [5, 5.41) is 1.17. The number of benzene rings is 2. The van der Waals surface area contributed by atoms with Gasteiger partial charge in [-0.2, -0.15) is 0 Å². The van der Waals surface area contributed by atoms with E-state index in [0.717, 1.165) is 35.4 Å². The van der Waals surface area contributed by atoms with E-state index in [2.05, 4.69) is 28.2 Å². The number of carbonyl (C=O) groups is 1. The lowest BCUT2D eigenvalue weighted by Crippen LogP contribution is -2.25. The SMILES string of the molecule is CC(=O)N1CCc2cc(N=Cc3c[nH]c4ccccc34)ccc21. The number of anilines is 1. The van der Waals surface area contributed by atoms with Crippen molar-refractivity contribution in [3.8, 4) is 0 Å². The second-order valence-corrected chi connectivity index (χ2v) is 5.78. The molecule has 0 radical (unpaired) electrons. The predicted molar refractivity (Wildman–Crippen MR) is 93.7 cm³/mol. The van der Waals surface area contributed by atoms with Gasteiger partial charge in [0.05, 0.1) is 5.69 Å². The van der Waals surface area contributed by atoms with Crippen molar-refractivity contribution in [2.45, 2.75) is 13.3 Å². The third-order valence-corrected chi connectivity index (χ3v) is 4.31. The highest BCUT2D eigenvalue weighted by Gasteiger charge is 2.21. The van der Waals surface area contributed by atoms with Gasteiger partial charge < -0.3 is 9.88 Å². The molecule has 2 aromatic carbocycles. The van der Waals surface area contributed by atoms with Crippen molar-refractivity contribution in [1.29, 1.82) is 0 Å². The molecule has 0 fully saturated rings. The monoisotopic (exact) mass is 303 g/mol. The van der Waals surface area contributed by atoms with Gasteiger partial charge in [0, 0.05) is 48.0 Å². The Balaban J connectivity index is 1.64. The fourth-order valence-corrected chi connectivity index (χ4v) is 3.14. The third kappa shape index (κ3) is 2.42. The van der Waals surface area contributed by atoms with E-state index in [9.17, 15) is 4.79 Å². The largest absolute Gasteiger partial charge is 0.361 e. The number of hydrogen-bond donors (Lipinski definition) is 1. The average Bonchev–Trinajstić information content (AvgIpc) is 3.16. The second kappa shape index (κ2) is 5.39. The molecule has 2 heterocycles. The first-order valence-corrected chi connectivity index (χ1v) is 7.73. The van der Waals surface area contributed by atoms with Crippen molar-refractivity contribution in [2.75, 3.05) is 11.4 Å². The van der Waals surface area contributed by atoms with Crippen LogP contribution in [0.5, 0.6) is 0 Å². The number of aliphatic imine (C=N–C) groups is 1. The van der Waals surface area contributed by atoms with Gasteiger partial charge in [-0.05, 0) is 36.2 Å². The van der Waals surface area contributed by atoms with Crippen LogP contribution in [0, 0.1) is 0 Å². The molecule has 4 nitrogen and oxygen atoms in total. The van der Waals surface area contributed by atoms with Gasteiger partial charge >= 0.3 is 0 Å². The van der Waals surface area contributed by atoms with Crippen LogP contribution in [0.1, 0.15) is 18.1 Å². The van der Waals surface area contributed by atoms with E-state index in [1.165, 1.54) is 10.9 Å². The number of rotatable bonds is 2. The van der Waals surface area contributed by atoms with E-state index in [1.807, 2.05) is 41.6 Å². The van der Waals surface area contributed by atoms with E-state index in [0.29, 0.717) is 0 Å². The summed E-state index contributed by atoms with van der Waals surface area (Å²) in [6.45, 7) is 2.37. The van der Waals surface area contributed by atoms with Crippen LogP contribution < -0.4 is 4.90 Å². The van der Waals surface area contributed by atoms with Crippen molar-refractivity contribution >= 4 is 34.4 Å². The maximum absolute atomic E-state index is 11.6. The number of aromatic amines is 1. The first-order chi connectivity index (χ1) is 11.2. The molecule has 0 aliphatic carbocycles. The van der Waals surface area contributed by atoms with Gasteiger partial charge in [-0.25, -0.2) is 0 Å². The highest BCUT2D eigenvalue weighted by molar-refractivity contribution is 6.00. The normalized spacial score (nSPS) is 13.9. The van der Waals surface area contributed by atoms with Crippen LogP contribution in [0.3, 0.4) is 0 Å². The van der Waals surface area contributed by atoms with Crippen LogP contribution in [0.25, 0.3) is 10.9 Å². The molecule has 1 aliphatic heterocycles. The van der Waals surface area contributed by atoms with Crippen molar-refractivity contribution < 1.29 is 4.79 Å². The number of carbonyl (C=O) groups excluding carboxylic acids is 1. The van der Waals surface area contributed by atoms with Crippen LogP contribution in [0.2, 0.25) is 0 Å². The number of para-hydroxylation sites is 1. The van der Waals surface area contributed by atoms with Crippen molar-refractivity contribution in [1.82, 2.24) is 4.98 Å². The van der Waals surface area contributed by atoms with E-state index >= 15 is 0 Å². The van der Waals surface area contributed by atoms with Crippen molar-refractivity contribution in [3.63, 3.8) is 0 Å². The Morgan fingerprint density at radius 1 is 1.26 bits per heavy atom. The summed E-state index contributed by atoms with van der Waals surface area (Å²) in [4.78, 5) is 21.3. The molecule has 1 aliphatic rings. The van der Waals surface area contributed by atoms with Crippen LogP contribution in [0.15, 0.2) is 53.7 Å². The highest BCUT2D eigenvalue weighted by atomic mass is 16.2. The quantitative estimate of drug-likeness (QED) is 0.719. The lowest BCUT2D eigenvalue weighted by molar-refractivity contribution is -0.116. The zero-order valence-corrected chi connectivity index (χ0v) is 12.9. The summed E-state index contributed by atoms with van der Waals surface area (Å²) in [5.41, 5.74) is 5.31. The van der Waals surface area contributed by atoms with Crippen molar-refractivity contribution in [2.24, 2.45) is 4.99 Å². The fraction of sp³-hybridized carbons (Fsp3) is 0.158. The van der Waals surface area contributed by atoms with E-state index < -0.39 is 0 Å². The molecule has 3 aromatic rings. The van der Waals surface area contributed by atoms with E-state index in [1.54, 1.807) is 6.92 Å². The number of amides is 1. The second-order valence-electron chi connectivity index (χ2n) is 5.78. The van der Waals surface area contributed by atoms with Gasteiger partial charge in [-0.1, -0.05) is 18.2 Å². The van der Waals surface area contributed by atoms with Gasteiger partial charge in [0.2, 0.25) is 5.91 Å². The van der Waals surface area contributed by atoms with Crippen LogP contribution in [-0.2, 0) is 11.2 Å². The van der Waals surface area contributed by atoms with Crippen LogP contribution in [-0.4, -0.2) is 23.7 Å². The van der Waals surface area contributed by atoms with Gasteiger partial charge in [-0.15, -0.1) is 0 Å². The molecule has 0 bridgehead atoms. The van der Waals surface area contributed by atoms with Crippen LogP contribution >= 0.6 is 0 Å². The molecular weight excluding hydrogens is 286 g/mol. The lowest BCUT2D eigenvalue weighted by Gasteiger charge is -2.14. The molecule has 1 aromatic heterocycles. The summed E-state index contributed by atoms with van der Waals surface area (Å²) in [7, 11) is 0. The topological polar surface area (TPSA) is 48.5 Å². The first kappa shape index (κ1) is 13.8. The Morgan fingerprint density at radius 3 is 3.00 bits per heavy atom. The molecule has 1 amide bonds. The number of H-pyrrole nitrogens is 1. The summed E-state index contributed by atoms with van der Waals surface area (Å²) in [5.74, 6) is 0.0961. The van der Waals surface area contributed by atoms with Crippen LogP contribution in [0.4, 0.5) is 11.4 Å². The summed E-state index contributed by atoms with van der Waals surface area (Å²) >= 11 is 0. The van der Waals surface area contributed by atoms with Gasteiger partial charge in [0.1, 0.15) is 0 Å². The Morgan fingerprint density at radius 2 is 2.13 bits per heavy atom. The first-order valence-electron chi connectivity index (χ1n) is 7.73. The summed E-state index contributed by atoms with van der Waals surface area (Å²) in [6.07, 6.45) is 4.75. The molecule has 114 valence electrons. The predicted octanol–water partition coefficient (Wildman–Crippen LogP) is 3.83. The highest BCUT2D eigenvalue weighted by Crippen LogP contribution is 2.31. The maximum atomic E-state index is 11.6. The molecule has 1 N–H and O–H groups in total. The maximum Gasteiger partial charge on any atom is 0.223 e. The van der Waals surface area contributed by atoms with Gasteiger partial charge in [0.15, 0.2) is 0 Å². The lowest BCUT2D eigenvalue weighted by atomic mass is 10.1. The minimum Gasteiger partial charge on any atom is -0.361 e. The molecule has 0 saturated carbocycles. The standard InChI is InChI=1S/C19H17N3O/c1-13(23)22-9-8-14-10-16(6-7-19(14)22)20-11-15-12-21-18-5-3-2-4-17(15)18/h2-7,10-12,21H,8-9H2,1H3. The summed E-state index contributed by atoms with van der Waals surface area (Å²) in [6, 6.07) is 14.2. The Kier molecular flexibility index (Phi) is 3.23. The molecule has 0 spiro atoms. The minimum atomic E-state index is 0.0961. The molecule has 0 atom stereocenters. The number of aromatic nitrogens is 1. The fourth-order valence-electron chi connectivity index (χ4n) is 3.14.